The van der Waals surface area contributed by atoms with Crippen molar-refractivity contribution in [2.24, 2.45) is 4.99 Å². The molecule has 2 heterocycles. The fourth-order valence-corrected chi connectivity index (χ4v) is 3.44. The number of rotatable bonds is 9. The van der Waals surface area contributed by atoms with Crippen molar-refractivity contribution in [2.75, 3.05) is 33.2 Å². The lowest BCUT2D eigenvalue weighted by atomic mass is 10.2. The van der Waals surface area contributed by atoms with E-state index in [0.717, 1.165) is 44.3 Å². The Balaban J connectivity index is 0.00000312. The quantitative estimate of drug-likeness (QED) is 0.329. The lowest BCUT2D eigenvalue weighted by molar-refractivity contribution is 0.193. The van der Waals surface area contributed by atoms with Crippen LogP contribution in [-0.2, 0) is 6.42 Å². The number of likely N-dealkylation sites (N-methyl/N-ethyl adjacent to an activating group) is 1. The van der Waals surface area contributed by atoms with Crippen molar-refractivity contribution in [3.63, 3.8) is 0 Å². The van der Waals surface area contributed by atoms with E-state index >= 15 is 0 Å². The average Bonchev–Trinajstić information content (AvgIpc) is 3.30. The molecule has 0 saturated heterocycles. The van der Waals surface area contributed by atoms with Crippen LogP contribution in [0.3, 0.4) is 0 Å². The topological polar surface area (TPSA) is 52.8 Å². The molecule has 1 atom stereocenters. The van der Waals surface area contributed by atoms with Crippen LogP contribution < -0.4 is 10.6 Å². The van der Waals surface area contributed by atoms with Crippen molar-refractivity contribution in [3.05, 3.63) is 46.5 Å². The first kappa shape index (κ1) is 22.0. The summed E-state index contributed by atoms with van der Waals surface area (Å²) in [6, 6.07) is 8.43. The van der Waals surface area contributed by atoms with Crippen molar-refractivity contribution in [3.8, 4) is 0 Å². The summed E-state index contributed by atoms with van der Waals surface area (Å²) in [5.41, 5.74) is 0. The number of aliphatic imine (C=N–C) groups is 1. The highest BCUT2D eigenvalue weighted by atomic mass is 127. The van der Waals surface area contributed by atoms with Gasteiger partial charge >= 0.3 is 0 Å². The van der Waals surface area contributed by atoms with Gasteiger partial charge in [-0.25, -0.2) is 0 Å². The largest absolute Gasteiger partial charge is 0.468 e. The highest BCUT2D eigenvalue weighted by Crippen LogP contribution is 2.20. The van der Waals surface area contributed by atoms with Crippen molar-refractivity contribution in [1.82, 2.24) is 15.5 Å². The van der Waals surface area contributed by atoms with Crippen molar-refractivity contribution < 1.29 is 4.42 Å². The maximum atomic E-state index is 5.64. The summed E-state index contributed by atoms with van der Waals surface area (Å²) in [6.45, 7) is 7.94. The predicted molar refractivity (Wildman–Crippen MR) is 117 cm³/mol. The van der Waals surface area contributed by atoms with Gasteiger partial charge in [-0.05, 0) is 43.1 Å². The summed E-state index contributed by atoms with van der Waals surface area (Å²) >= 11 is 1.79. The fraction of sp³-hybridized carbons (Fsp3) is 0.500. The van der Waals surface area contributed by atoms with Crippen LogP contribution in [0, 0.1) is 0 Å². The monoisotopic (exact) mass is 476 g/mol. The van der Waals surface area contributed by atoms with Gasteiger partial charge < -0.3 is 15.1 Å². The van der Waals surface area contributed by atoms with Crippen LogP contribution in [0.1, 0.15) is 30.5 Å². The molecular weight excluding hydrogens is 447 g/mol. The Kier molecular flexibility index (Phi) is 10.8. The van der Waals surface area contributed by atoms with Crippen molar-refractivity contribution in [1.29, 1.82) is 0 Å². The number of guanidine groups is 1. The van der Waals surface area contributed by atoms with E-state index in [0.29, 0.717) is 0 Å². The summed E-state index contributed by atoms with van der Waals surface area (Å²) in [5.74, 6) is 1.82. The Bertz CT molecular complexity index is 582. The van der Waals surface area contributed by atoms with Gasteiger partial charge in [0.15, 0.2) is 5.96 Å². The van der Waals surface area contributed by atoms with E-state index in [1.54, 1.807) is 24.6 Å². The van der Waals surface area contributed by atoms with Gasteiger partial charge in [-0.2, -0.15) is 0 Å². The van der Waals surface area contributed by atoms with Gasteiger partial charge in [0.1, 0.15) is 5.76 Å². The van der Waals surface area contributed by atoms with E-state index < -0.39 is 0 Å². The van der Waals surface area contributed by atoms with E-state index in [1.165, 1.54) is 4.88 Å². The Hall–Kier alpha value is -1.06. The minimum absolute atomic E-state index is 0. The summed E-state index contributed by atoms with van der Waals surface area (Å²) < 4.78 is 5.64. The molecule has 0 saturated carbocycles. The average molecular weight is 476 g/mol. The van der Waals surface area contributed by atoms with E-state index in [1.807, 2.05) is 12.1 Å². The van der Waals surface area contributed by atoms with E-state index in [-0.39, 0.29) is 30.0 Å². The van der Waals surface area contributed by atoms with Gasteiger partial charge in [0.25, 0.3) is 0 Å². The lowest BCUT2D eigenvalue weighted by Crippen LogP contribution is -2.43. The number of halogens is 1. The van der Waals surface area contributed by atoms with E-state index in [4.69, 9.17) is 4.42 Å². The maximum Gasteiger partial charge on any atom is 0.191 e. The third kappa shape index (κ3) is 6.99. The van der Waals surface area contributed by atoms with Crippen LogP contribution >= 0.6 is 35.3 Å². The first-order chi connectivity index (χ1) is 11.8. The predicted octanol–water partition coefficient (Wildman–Crippen LogP) is 3.75. The summed E-state index contributed by atoms with van der Waals surface area (Å²) in [5, 5.41) is 8.92. The number of hydrogen-bond donors (Lipinski definition) is 2. The van der Waals surface area contributed by atoms with Gasteiger partial charge in [0.2, 0.25) is 0 Å². The van der Waals surface area contributed by atoms with Crippen LogP contribution in [0.25, 0.3) is 0 Å². The third-order valence-corrected chi connectivity index (χ3v) is 4.99. The molecule has 2 rings (SSSR count). The third-order valence-electron chi connectivity index (χ3n) is 4.06. The van der Waals surface area contributed by atoms with Crippen LogP contribution in [0.4, 0.5) is 0 Å². The zero-order valence-corrected chi connectivity index (χ0v) is 18.3. The molecule has 0 radical (unpaired) electrons. The highest BCUT2D eigenvalue weighted by molar-refractivity contribution is 14.0. The minimum Gasteiger partial charge on any atom is -0.468 e. The molecule has 2 aromatic heterocycles. The molecule has 0 aliphatic heterocycles. The SMILES string of the molecule is CCN(CC)C(CNC(=NC)NCCc1cccs1)c1ccco1.I. The van der Waals surface area contributed by atoms with Crippen LogP contribution in [0.5, 0.6) is 0 Å². The highest BCUT2D eigenvalue weighted by Gasteiger charge is 2.20. The second-order valence-corrected chi connectivity index (χ2v) is 6.49. The second-order valence-electron chi connectivity index (χ2n) is 5.46. The van der Waals surface area contributed by atoms with Gasteiger partial charge in [0.05, 0.1) is 12.3 Å². The zero-order chi connectivity index (χ0) is 17.2. The van der Waals surface area contributed by atoms with Crippen molar-refractivity contribution in [2.45, 2.75) is 26.3 Å². The standard InChI is InChI=1S/C18H28N4OS.HI/c1-4-22(5-2)16(17-9-6-12-23-17)14-21-18(19-3)20-11-10-15-8-7-13-24-15;/h6-9,12-13,16H,4-5,10-11,14H2,1-3H3,(H2,19,20,21);1H. The number of hydrogen-bond acceptors (Lipinski definition) is 4. The molecule has 140 valence electrons. The lowest BCUT2D eigenvalue weighted by Gasteiger charge is -2.28. The Morgan fingerprint density at radius 2 is 2.04 bits per heavy atom. The minimum atomic E-state index is 0. The molecule has 1 unspecified atom stereocenters. The number of furan rings is 1. The molecule has 0 aliphatic rings. The summed E-state index contributed by atoms with van der Waals surface area (Å²) in [7, 11) is 1.81. The Morgan fingerprint density at radius 3 is 2.60 bits per heavy atom. The molecule has 0 aliphatic carbocycles. The van der Waals surface area contributed by atoms with Crippen LogP contribution in [-0.4, -0.2) is 44.1 Å². The summed E-state index contributed by atoms with van der Waals surface area (Å²) in [6.07, 6.45) is 2.75. The molecule has 5 nitrogen and oxygen atoms in total. The smallest absolute Gasteiger partial charge is 0.191 e. The van der Waals surface area contributed by atoms with Crippen molar-refractivity contribution >= 4 is 41.3 Å². The number of nitrogens with one attached hydrogen (secondary N) is 2. The molecule has 0 bridgehead atoms. The van der Waals surface area contributed by atoms with Crippen LogP contribution in [0.15, 0.2) is 45.3 Å². The van der Waals surface area contributed by atoms with Crippen LogP contribution in [0.2, 0.25) is 0 Å². The Morgan fingerprint density at radius 1 is 1.24 bits per heavy atom. The molecule has 2 N–H and O–H groups in total. The molecule has 25 heavy (non-hydrogen) atoms. The zero-order valence-electron chi connectivity index (χ0n) is 15.2. The molecule has 0 amide bonds. The fourth-order valence-electron chi connectivity index (χ4n) is 2.73. The molecule has 0 spiro atoms. The molecule has 2 aromatic rings. The molecular formula is C18H29IN4OS. The van der Waals surface area contributed by atoms with Gasteiger partial charge in [-0.15, -0.1) is 35.3 Å². The number of nitrogens with zero attached hydrogens (tertiary/aromatic N) is 2. The molecule has 7 heteroatoms. The first-order valence-electron chi connectivity index (χ1n) is 8.52. The maximum absolute atomic E-state index is 5.64. The molecule has 0 fully saturated rings. The summed E-state index contributed by atoms with van der Waals surface area (Å²) in [4.78, 5) is 8.08. The first-order valence-corrected chi connectivity index (χ1v) is 9.40. The van der Waals surface area contributed by atoms with Gasteiger partial charge in [-0.3, -0.25) is 9.89 Å². The van der Waals surface area contributed by atoms with Gasteiger partial charge in [0, 0.05) is 25.0 Å². The van der Waals surface area contributed by atoms with E-state index in [9.17, 15) is 0 Å². The normalized spacial score (nSPS) is 12.7. The van der Waals surface area contributed by atoms with Gasteiger partial charge in [-0.1, -0.05) is 19.9 Å². The van der Waals surface area contributed by atoms with E-state index in [2.05, 4.69) is 51.9 Å². The molecule has 0 aromatic carbocycles. The Labute approximate surface area is 171 Å². The second kappa shape index (κ2) is 12.3. The number of thiophene rings is 1.